The highest BCUT2D eigenvalue weighted by molar-refractivity contribution is 6.30. The molecule has 136 valence electrons. The number of hydrazone groups is 1. The van der Waals surface area contributed by atoms with Crippen LogP contribution in [-0.4, -0.2) is 23.8 Å². The van der Waals surface area contributed by atoms with Crippen molar-refractivity contribution in [1.82, 2.24) is 5.43 Å². The van der Waals surface area contributed by atoms with Crippen LogP contribution in [-0.2, 0) is 4.79 Å². The molecule has 0 radical (unpaired) electrons. The smallest absolute Gasteiger partial charge is 0.277 e. The van der Waals surface area contributed by atoms with Gasteiger partial charge in [0.2, 0.25) is 0 Å². The van der Waals surface area contributed by atoms with E-state index < -0.39 is 5.91 Å². The highest BCUT2D eigenvalue weighted by Crippen LogP contribution is 2.22. The second-order valence-electron chi connectivity index (χ2n) is 5.68. The summed E-state index contributed by atoms with van der Waals surface area (Å²) >= 11 is 5.85. The number of phenolic OH excluding ortho intramolecular Hbond substituents is 1. The lowest BCUT2D eigenvalue weighted by Crippen LogP contribution is -2.24. The molecule has 0 aliphatic carbocycles. The van der Waals surface area contributed by atoms with E-state index >= 15 is 0 Å². The maximum absolute atomic E-state index is 11.8. The summed E-state index contributed by atoms with van der Waals surface area (Å²) in [6.07, 6.45) is 1.31. The number of carbonyl (C=O) groups excluding carboxylic acids is 1. The third-order valence-corrected chi connectivity index (χ3v) is 3.95. The Kier molecular flexibility index (Phi) is 6.07. The number of nitrogens with one attached hydrogen (secondary N) is 1. The molecule has 6 heteroatoms. The van der Waals surface area contributed by atoms with Crippen molar-refractivity contribution in [2.75, 3.05) is 6.61 Å². The van der Waals surface area contributed by atoms with Gasteiger partial charge >= 0.3 is 0 Å². The summed E-state index contributed by atoms with van der Waals surface area (Å²) in [6, 6.07) is 22.0. The fourth-order valence-corrected chi connectivity index (χ4v) is 2.54. The van der Waals surface area contributed by atoms with Crippen LogP contribution in [0, 0.1) is 0 Å². The van der Waals surface area contributed by atoms with Crippen LogP contribution >= 0.6 is 11.6 Å². The van der Waals surface area contributed by atoms with Gasteiger partial charge in [-0.05, 0) is 41.5 Å². The van der Waals surface area contributed by atoms with Crippen LogP contribution in [0.25, 0.3) is 11.1 Å². The molecule has 0 atom stereocenters. The Hall–Kier alpha value is -3.31. The average molecular weight is 381 g/mol. The molecule has 0 saturated heterocycles. The minimum Gasteiger partial charge on any atom is -0.507 e. The fourth-order valence-electron chi connectivity index (χ4n) is 2.36. The zero-order valence-electron chi connectivity index (χ0n) is 14.3. The maximum atomic E-state index is 11.8. The highest BCUT2D eigenvalue weighted by atomic mass is 35.5. The number of ether oxygens (including phenoxy) is 1. The Balaban J connectivity index is 1.50. The monoisotopic (exact) mass is 380 g/mol. The molecule has 27 heavy (non-hydrogen) atoms. The molecule has 3 aromatic rings. The van der Waals surface area contributed by atoms with E-state index in [1.165, 1.54) is 18.3 Å². The molecule has 3 aromatic carbocycles. The van der Waals surface area contributed by atoms with Gasteiger partial charge in [-0.15, -0.1) is 0 Å². The van der Waals surface area contributed by atoms with Crippen molar-refractivity contribution < 1.29 is 14.6 Å². The molecule has 0 fully saturated rings. The quantitative estimate of drug-likeness (QED) is 0.496. The number of hydrogen-bond donors (Lipinski definition) is 2. The van der Waals surface area contributed by atoms with Crippen molar-refractivity contribution in [2.45, 2.75) is 0 Å². The normalized spacial score (nSPS) is 10.7. The third kappa shape index (κ3) is 5.33. The van der Waals surface area contributed by atoms with Crippen LogP contribution < -0.4 is 10.2 Å². The van der Waals surface area contributed by atoms with E-state index in [-0.39, 0.29) is 12.4 Å². The van der Waals surface area contributed by atoms with E-state index in [9.17, 15) is 9.90 Å². The number of amides is 1. The lowest BCUT2D eigenvalue weighted by atomic mass is 10.1. The predicted molar refractivity (Wildman–Crippen MR) is 106 cm³/mol. The molecular formula is C21H17ClN2O3. The summed E-state index contributed by atoms with van der Waals surface area (Å²) in [5.41, 5.74) is 4.92. The average Bonchev–Trinajstić information content (AvgIpc) is 2.70. The standard InChI is InChI=1S/C21H17ClN2O3/c22-18-8-11-20(25)17(12-18)13-23-24-21(26)14-27-19-9-6-16(7-10-19)15-4-2-1-3-5-15/h1-13,25H,14H2,(H,24,26)/b23-13-. The van der Waals surface area contributed by atoms with Crippen LogP contribution in [0.2, 0.25) is 5.02 Å². The first-order chi connectivity index (χ1) is 13.1. The zero-order valence-corrected chi connectivity index (χ0v) is 15.1. The number of carbonyl (C=O) groups is 1. The molecule has 0 spiro atoms. The minimum absolute atomic E-state index is 0.0205. The largest absolute Gasteiger partial charge is 0.507 e. The molecule has 0 aliphatic rings. The number of hydrogen-bond acceptors (Lipinski definition) is 4. The van der Waals surface area contributed by atoms with Crippen molar-refractivity contribution in [2.24, 2.45) is 5.10 Å². The summed E-state index contributed by atoms with van der Waals surface area (Å²) in [6.45, 7) is -0.177. The highest BCUT2D eigenvalue weighted by Gasteiger charge is 2.03. The minimum atomic E-state index is -0.417. The summed E-state index contributed by atoms with van der Waals surface area (Å²) in [7, 11) is 0. The molecular weight excluding hydrogens is 364 g/mol. The number of halogens is 1. The molecule has 0 aliphatic heterocycles. The molecule has 2 N–H and O–H groups in total. The molecule has 0 saturated carbocycles. The number of phenols is 1. The number of benzene rings is 3. The second kappa shape index (κ2) is 8.87. The van der Waals surface area contributed by atoms with Crippen molar-refractivity contribution in [3.8, 4) is 22.6 Å². The zero-order chi connectivity index (χ0) is 19.1. The van der Waals surface area contributed by atoms with Gasteiger partial charge in [-0.3, -0.25) is 4.79 Å². The van der Waals surface area contributed by atoms with Gasteiger partial charge in [0, 0.05) is 10.6 Å². The second-order valence-corrected chi connectivity index (χ2v) is 6.11. The molecule has 5 nitrogen and oxygen atoms in total. The van der Waals surface area contributed by atoms with Crippen LogP contribution in [0.1, 0.15) is 5.56 Å². The van der Waals surface area contributed by atoms with E-state index in [2.05, 4.69) is 10.5 Å². The molecule has 1 amide bonds. The third-order valence-electron chi connectivity index (χ3n) is 3.71. The fraction of sp³-hybridized carbons (Fsp3) is 0.0476. The molecule has 0 aromatic heterocycles. The first-order valence-corrected chi connectivity index (χ1v) is 8.58. The van der Waals surface area contributed by atoms with Crippen molar-refractivity contribution in [3.63, 3.8) is 0 Å². The topological polar surface area (TPSA) is 70.9 Å². The Morgan fingerprint density at radius 2 is 1.74 bits per heavy atom. The van der Waals surface area contributed by atoms with Gasteiger partial charge < -0.3 is 9.84 Å². The van der Waals surface area contributed by atoms with Crippen molar-refractivity contribution in [1.29, 1.82) is 0 Å². The van der Waals surface area contributed by atoms with Crippen LogP contribution in [0.4, 0.5) is 0 Å². The summed E-state index contributed by atoms with van der Waals surface area (Å²) in [4.78, 5) is 11.8. The molecule has 0 bridgehead atoms. The van der Waals surface area contributed by atoms with Crippen molar-refractivity contribution in [3.05, 3.63) is 83.4 Å². The molecule has 0 heterocycles. The van der Waals surface area contributed by atoms with E-state index in [1.807, 2.05) is 54.6 Å². The summed E-state index contributed by atoms with van der Waals surface area (Å²) in [5.74, 6) is 0.188. The first kappa shape index (κ1) is 18.5. The van der Waals surface area contributed by atoms with Gasteiger partial charge in [-0.1, -0.05) is 54.1 Å². The predicted octanol–water partition coefficient (Wildman–Crippen LogP) is 4.24. The van der Waals surface area contributed by atoms with E-state index in [0.29, 0.717) is 16.3 Å². The van der Waals surface area contributed by atoms with Gasteiger partial charge in [0.25, 0.3) is 5.91 Å². The molecule has 0 unspecified atom stereocenters. The van der Waals surface area contributed by atoms with E-state index in [0.717, 1.165) is 11.1 Å². The van der Waals surface area contributed by atoms with Crippen LogP contribution in [0.15, 0.2) is 77.9 Å². The van der Waals surface area contributed by atoms with Crippen LogP contribution in [0.3, 0.4) is 0 Å². The number of nitrogens with zero attached hydrogens (tertiary/aromatic N) is 1. The van der Waals surface area contributed by atoms with E-state index in [4.69, 9.17) is 16.3 Å². The number of rotatable bonds is 6. The Bertz CT molecular complexity index is 941. The molecule has 3 rings (SSSR count). The number of aromatic hydroxyl groups is 1. The Labute approximate surface area is 161 Å². The van der Waals surface area contributed by atoms with Gasteiger partial charge in [0.05, 0.1) is 6.21 Å². The Morgan fingerprint density at radius 3 is 2.48 bits per heavy atom. The summed E-state index contributed by atoms with van der Waals surface area (Å²) < 4.78 is 5.45. The van der Waals surface area contributed by atoms with Crippen LogP contribution in [0.5, 0.6) is 11.5 Å². The first-order valence-electron chi connectivity index (χ1n) is 8.20. The SMILES string of the molecule is O=C(COc1ccc(-c2ccccc2)cc1)N/N=C\c1cc(Cl)ccc1O. The van der Waals surface area contributed by atoms with Gasteiger partial charge in [0.1, 0.15) is 11.5 Å². The van der Waals surface area contributed by atoms with Crippen molar-refractivity contribution >= 4 is 23.7 Å². The van der Waals surface area contributed by atoms with Gasteiger partial charge in [-0.2, -0.15) is 5.10 Å². The Morgan fingerprint density at radius 1 is 1.04 bits per heavy atom. The maximum Gasteiger partial charge on any atom is 0.277 e. The van der Waals surface area contributed by atoms with Gasteiger partial charge in [-0.25, -0.2) is 5.43 Å². The van der Waals surface area contributed by atoms with Gasteiger partial charge in [0.15, 0.2) is 6.61 Å². The lowest BCUT2D eigenvalue weighted by Gasteiger charge is -2.07. The van der Waals surface area contributed by atoms with E-state index in [1.54, 1.807) is 6.07 Å². The summed E-state index contributed by atoms with van der Waals surface area (Å²) in [5, 5.41) is 13.9. The lowest BCUT2D eigenvalue weighted by molar-refractivity contribution is -0.123.